The lowest BCUT2D eigenvalue weighted by atomic mass is 10.0. The van der Waals surface area contributed by atoms with E-state index < -0.39 is 23.9 Å². The summed E-state index contributed by atoms with van der Waals surface area (Å²) in [6.07, 6.45) is 9.00. The van der Waals surface area contributed by atoms with E-state index >= 15 is 0 Å². The number of aliphatic carboxylic acids is 4. The molecule has 1 saturated carbocycles. The quantitative estimate of drug-likeness (QED) is 0.185. The summed E-state index contributed by atoms with van der Waals surface area (Å²) in [7, 11) is 0. The number of quaternary nitrogens is 2. The number of amidine groups is 2. The van der Waals surface area contributed by atoms with Gasteiger partial charge in [0.25, 0.3) is 11.9 Å². The molecular weight excluding hydrogens is 891 g/mol. The number of hydrogen-bond donors (Lipinski definition) is 4. The number of carbonyl (C=O) groups excluding carboxylic acids is 2. The van der Waals surface area contributed by atoms with Crippen LogP contribution >= 0.6 is 23.2 Å². The standard InChI is InChI=1S/2C17H16ClN3O.C6H12.4C2H4O2/c2*18-12-5-6-15-13(11-12)17(21-9-7-19-8-10-21)20-14-3-1-2-4-16(14)22-15;1-2-4-6-5-3-1;4*1-2(3)4/h2*1-6,11,19H,7-10H2;1-6H2;4*1H3,(H,3,4). The number of carboxylic acids is 4. The third kappa shape index (κ3) is 20.3. The van der Waals surface area contributed by atoms with Crippen LogP contribution in [0.3, 0.4) is 0 Å². The van der Waals surface area contributed by atoms with Crippen LogP contribution in [0.2, 0.25) is 10.0 Å². The Kier molecular flexibility index (Phi) is 24.1. The molecule has 18 heteroatoms. The second kappa shape index (κ2) is 29.4. The predicted molar refractivity (Wildman–Crippen MR) is 250 cm³/mol. The van der Waals surface area contributed by atoms with Crippen LogP contribution in [0.5, 0.6) is 23.0 Å². The van der Waals surface area contributed by atoms with Gasteiger partial charge in [0, 0.05) is 35.8 Å². The number of halogens is 2. The Hall–Kier alpha value is -6.20. The SMILES string of the molecule is C1CCCCC1.CC(=O)O.CC(=O)O.CC(=O)[O-].CC(=O)[O-].Clc1ccc2c(c1)C(N1CC[NH2+]CC1)=Nc1ccccc1O2.Clc1ccc2c(c1)C(N1CC[NH2+]CC1)=Nc1ccccc1O2. The van der Waals surface area contributed by atoms with Gasteiger partial charge < -0.3 is 59.9 Å². The van der Waals surface area contributed by atoms with E-state index in [0.717, 1.165) is 137 Å². The molecule has 4 aromatic carbocycles. The molecule has 6 N–H and O–H groups in total. The molecular formula is C48H60Cl2N6O10. The van der Waals surface area contributed by atoms with E-state index in [1.165, 1.54) is 38.5 Å². The highest BCUT2D eigenvalue weighted by Gasteiger charge is 2.26. The number of rotatable bonds is 0. The summed E-state index contributed by atoms with van der Waals surface area (Å²) in [4.78, 5) is 50.2. The maximum absolute atomic E-state index is 9.00. The van der Waals surface area contributed by atoms with E-state index in [0.29, 0.717) is 10.0 Å². The lowest BCUT2D eigenvalue weighted by molar-refractivity contribution is -0.661. The lowest BCUT2D eigenvalue weighted by Gasteiger charge is -2.28. The molecule has 0 atom stereocenters. The third-order valence-corrected chi connectivity index (χ3v) is 9.97. The molecule has 0 radical (unpaired) electrons. The van der Waals surface area contributed by atoms with E-state index in [9.17, 15) is 0 Å². The first-order chi connectivity index (χ1) is 31.5. The second-order valence-electron chi connectivity index (χ2n) is 15.1. The molecule has 4 heterocycles. The Morgan fingerprint density at radius 1 is 0.530 bits per heavy atom. The van der Waals surface area contributed by atoms with Crippen LogP contribution in [-0.4, -0.2) is 108 Å². The average Bonchev–Trinajstić information content (AvgIpc) is 3.55. The molecule has 0 bridgehead atoms. The van der Waals surface area contributed by atoms with Crippen molar-refractivity contribution in [1.29, 1.82) is 0 Å². The number of ether oxygens (including phenoxy) is 2. The first-order valence-electron chi connectivity index (χ1n) is 21.7. The number of para-hydroxylation sites is 4. The molecule has 4 aliphatic heterocycles. The van der Waals surface area contributed by atoms with E-state index in [1.54, 1.807) is 0 Å². The van der Waals surface area contributed by atoms with Gasteiger partial charge in [0.05, 0.1) is 63.5 Å². The molecule has 0 aromatic heterocycles. The highest BCUT2D eigenvalue weighted by molar-refractivity contribution is 6.31. The number of hydrogen-bond acceptors (Lipinski definition) is 12. The number of benzene rings is 4. The Labute approximate surface area is 395 Å². The number of aliphatic imine (C=N–C) groups is 2. The zero-order valence-electron chi connectivity index (χ0n) is 37.8. The fourth-order valence-corrected chi connectivity index (χ4v) is 7.20. The van der Waals surface area contributed by atoms with Gasteiger partial charge >= 0.3 is 0 Å². The molecule has 1 aliphatic carbocycles. The fourth-order valence-electron chi connectivity index (χ4n) is 6.86. The van der Waals surface area contributed by atoms with Gasteiger partial charge in [-0.25, -0.2) is 9.98 Å². The Bertz CT molecular complexity index is 2060. The van der Waals surface area contributed by atoms with Crippen molar-refractivity contribution in [2.45, 2.75) is 66.2 Å². The van der Waals surface area contributed by atoms with Crippen molar-refractivity contribution in [3.8, 4) is 23.0 Å². The highest BCUT2D eigenvalue weighted by Crippen LogP contribution is 2.40. The molecule has 0 amide bonds. The molecule has 16 nitrogen and oxygen atoms in total. The minimum absolute atomic E-state index is 0.699. The summed E-state index contributed by atoms with van der Waals surface area (Å²) in [6, 6.07) is 27.2. The summed E-state index contributed by atoms with van der Waals surface area (Å²) in [5.74, 6) is 1.26. The number of carbonyl (C=O) groups is 4. The van der Waals surface area contributed by atoms with Gasteiger partial charge in [-0.15, -0.1) is 0 Å². The molecule has 0 unspecified atom stereocenters. The normalized spacial score (nSPS) is 15.0. The molecule has 9 rings (SSSR count). The van der Waals surface area contributed by atoms with Gasteiger partial charge in [0.2, 0.25) is 0 Å². The first-order valence-corrected chi connectivity index (χ1v) is 22.5. The van der Waals surface area contributed by atoms with Crippen LogP contribution in [0, 0.1) is 0 Å². The first kappa shape index (κ1) is 54.1. The molecule has 66 heavy (non-hydrogen) atoms. The van der Waals surface area contributed by atoms with E-state index in [-0.39, 0.29) is 0 Å². The zero-order chi connectivity index (χ0) is 48.4. The van der Waals surface area contributed by atoms with Gasteiger partial charge in [-0.2, -0.15) is 0 Å². The number of piperazine rings is 2. The van der Waals surface area contributed by atoms with Crippen molar-refractivity contribution < 1.29 is 59.7 Å². The molecule has 2 saturated heterocycles. The van der Waals surface area contributed by atoms with Gasteiger partial charge in [-0.05, 0) is 74.5 Å². The van der Waals surface area contributed by atoms with Crippen molar-refractivity contribution in [3.63, 3.8) is 0 Å². The number of carboxylic acid groups (broad SMARTS) is 4. The van der Waals surface area contributed by atoms with E-state index in [4.69, 9.17) is 82.3 Å². The molecule has 3 fully saturated rings. The van der Waals surface area contributed by atoms with Crippen molar-refractivity contribution >= 4 is 70.1 Å². The van der Waals surface area contributed by atoms with Crippen LogP contribution in [0.1, 0.15) is 77.3 Å². The summed E-state index contributed by atoms with van der Waals surface area (Å²) in [6.45, 7) is 12.4. The van der Waals surface area contributed by atoms with Crippen LogP contribution in [0.4, 0.5) is 11.4 Å². The fraction of sp³-hybridized carbons (Fsp3) is 0.375. The van der Waals surface area contributed by atoms with Gasteiger partial charge in [0.15, 0.2) is 11.5 Å². The number of nitrogens with two attached hydrogens (primary N) is 2. The smallest absolute Gasteiger partial charge is 0.300 e. The third-order valence-electron chi connectivity index (χ3n) is 9.50. The largest absolute Gasteiger partial charge is 0.550 e. The Morgan fingerprint density at radius 3 is 1.12 bits per heavy atom. The van der Waals surface area contributed by atoms with Crippen LogP contribution in [0.15, 0.2) is 94.9 Å². The van der Waals surface area contributed by atoms with Crippen molar-refractivity contribution in [2.24, 2.45) is 9.98 Å². The Balaban J connectivity index is 0.000000243. The molecule has 0 spiro atoms. The highest BCUT2D eigenvalue weighted by atomic mass is 35.5. The lowest BCUT2D eigenvalue weighted by Crippen LogP contribution is -2.89. The molecule has 356 valence electrons. The van der Waals surface area contributed by atoms with E-state index in [1.807, 2.05) is 84.9 Å². The number of nitrogens with zero attached hydrogens (tertiary/aromatic N) is 4. The van der Waals surface area contributed by atoms with Crippen LogP contribution in [-0.2, 0) is 19.2 Å². The monoisotopic (exact) mass is 950 g/mol. The molecule has 5 aliphatic rings. The summed E-state index contributed by atoms with van der Waals surface area (Å²) >= 11 is 12.4. The zero-order valence-corrected chi connectivity index (χ0v) is 39.4. The number of fused-ring (bicyclic) bond motifs is 4. The summed E-state index contributed by atoms with van der Waals surface area (Å²) < 4.78 is 12.1. The minimum Gasteiger partial charge on any atom is -0.550 e. The van der Waals surface area contributed by atoms with E-state index in [2.05, 4.69) is 20.4 Å². The van der Waals surface area contributed by atoms with Crippen molar-refractivity contribution in [2.75, 3.05) is 52.4 Å². The van der Waals surface area contributed by atoms with Gasteiger partial charge in [0.1, 0.15) is 34.5 Å². The topological polar surface area (TPSA) is 238 Å². The van der Waals surface area contributed by atoms with Crippen molar-refractivity contribution in [3.05, 3.63) is 106 Å². The van der Waals surface area contributed by atoms with Crippen LogP contribution in [0.25, 0.3) is 0 Å². The van der Waals surface area contributed by atoms with Crippen molar-refractivity contribution in [1.82, 2.24) is 9.80 Å². The summed E-state index contributed by atoms with van der Waals surface area (Å²) in [5.41, 5.74) is 3.65. The maximum Gasteiger partial charge on any atom is 0.300 e. The summed E-state index contributed by atoms with van der Waals surface area (Å²) in [5, 5.41) is 38.7. The minimum atomic E-state index is -1.08. The van der Waals surface area contributed by atoms with Crippen LogP contribution < -0.4 is 30.3 Å². The molecule has 4 aromatic rings. The second-order valence-corrected chi connectivity index (χ2v) is 16.0. The van der Waals surface area contributed by atoms with Gasteiger partial charge in [-0.3, -0.25) is 9.59 Å². The Morgan fingerprint density at radius 2 is 0.818 bits per heavy atom. The predicted octanol–water partition coefficient (Wildman–Crippen LogP) is 4.84. The average molecular weight is 952 g/mol. The van der Waals surface area contributed by atoms with Gasteiger partial charge in [-0.1, -0.05) is 86.0 Å². The maximum atomic E-state index is 9.00.